The number of fused-ring (bicyclic) bond motifs is 5. The van der Waals surface area contributed by atoms with Gasteiger partial charge in [-0.1, -0.05) is 19.4 Å². The van der Waals surface area contributed by atoms with Crippen LogP contribution in [0.2, 0.25) is 0 Å². The van der Waals surface area contributed by atoms with Gasteiger partial charge in [0.15, 0.2) is 5.78 Å². The molecule has 4 rings (SSSR count). The van der Waals surface area contributed by atoms with Crippen LogP contribution in [0.5, 0.6) is 0 Å². The van der Waals surface area contributed by atoms with Gasteiger partial charge in [-0.25, -0.2) is 0 Å². The molecule has 120 valence electrons. The van der Waals surface area contributed by atoms with Gasteiger partial charge in [-0.3, -0.25) is 9.59 Å². The largest absolute Gasteiger partial charge is 0.299 e. The average Bonchev–Trinajstić information content (AvgIpc) is 2.86. The highest BCUT2D eigenvalue weighted by Crippen LogP contribution is 2.65. The van der Waals surface area contributed by atoms with Crippen molar-refractivity contribution in [3.05, 3.63) is 11.6 Å². The van der Waals surface area contributed by atoms with E-state index in [-0.39, 0.29) is 10.8 Å². The van der Waals surface area contributed by atoms with Crippen LogP contribution in [-0.4, -0.2) is 11.6 Å². The van der Waals surface area contributed by atoms with Gasteiger partial charge >= 0.3 is 0 Å². The number of hydrogen-bond donors (Lipinski definition) is 0. The van der Waals surface area contributed by atoms with Gasteiger partial charge in [-0.05, 0) is 74.2 Å². The van der Waals surface area contributed by atoms with Gasteiger partial charge in [-0.2, -0.15) is 0 Å². The molecule has 0 aromatic carbocycles. The van der Waals surface area contributed by atoms with Crippen LogP contribution in [0.1, 0.15) is 71.6 Å². The number of allylic oxidation sites excluding steroid dienone is 1. The number of hydrogen-bond acceptors (Lipinski definition) is 2. The quantitative estimate of drug-likeness (QED) is 0.715. The predicted molar refractivity (Wildman–Crippen MR) is 86.3 cm³/mol. The molecule has 0 bridgehead atoms. The van der Waals surface area contributed by atoms with Crippen molar-refractivity contribution in [3.8, 4) is 0 Å². The van der Waals surface area contributed by atoms with E-state index in [4.69, 9.17) is 0 Å². The van der Waals surface area contributed by atoms with Crippen LogP contribution >= 0.6 is 0 Å². The van der Waals surface area contributed by atoms with E-state index < -0.39 is 0 Å². The maximum Gasteiger partial charge on any atom is 0.155 e. The molecule has 0 N–H and O–H groups in total. The van der Waals surface area contributed by atoms with Crippen LogP contribution in [0.4, 0.5) is 0 Å². The van der Waals surface area contributed by atoms with Crippen molar-refractivity contribution in [1.82, 2.24) is 0 Å². The summed E-state index contributed by atoms with van der Waals surface area (Å²) in [4.78, 5) is 24.4. The van der Waals surface area contributed by atoms with Crippen LogP contribution in [0, 0.1) is 28.6 Å². The zero-order valence-corrected chi connectivity index (χ0v) is 14.0. The van der Waals surface area contributed by atoms with E-state index in [2.05, 4.69) is 13.8 Å². The van der Waals surface area contributed by atoms with Gasteiger partial charge in [0, 0.05) is 18.3 Å². The summed E-state index contributed by atoms with van der Waals surface area (Å²) in [5, 5.41) is 0. The number of carbonyl (C=O) groups excluding carboxylic acids is 2. The van der Waals surface area contributed by atoms with E-state index in [0.29, 0.717) is 23.4 Å². The molecular formula is C20H28O2. The molecule has 5 atom stereocenters. The van der Waals surface area contributed by atoms with Gasteiger partial charge < -0.3 is 0 Å². The highest BCUT2D eigenvalue weighted by molar-refractivity contribution is 5.91. The summed E-state index contributed by atoms with van der Waals surface area (Å²) >= 11 is 0. The summed E-state index contributed by atoms with van der Waals surface area (Å²) in [5.74, 6) is 2.94. The standard InChI is InChI=1S/C20H28O2/c1-3-20-11-9-16-15(17(20)6-7-18(20)22)5-4-13-12-14(21)8-10-19(13,16)2/h12,15-17H,3-11H2,1-2H3/t15-,16?,17?,19+,20+/m1/s1. The Bertz CT molecular complexity index is 560. The molecular weight excluding hydrogens is 272 g/mol. The summed E-state index contributed by atoms with van der Waals surface area (Å²) in [5.41, 5.74) is 1.68. The van der Waals surface area contributed by atoms with Gasteiger partial charge in [0.2, 0.25) is 0 Å². The molecule has 4 aliphatic rings. The van der Waals surface area contributed by atoms with Crippen molar-refractivity contribution < 1.29 is 9.59 Å². The molecule has 22 heavy (non-hydrogen) atoms. The Balaban J connectivity index is 1.70. The lowest BCUT2D eigenvalue weighted by Gasteiger charge is -2.57. The third-order valence-electron chi connectivity index (χ3n) is 8.04. The van der Waals surface area contributed by atoms with Crippen LogP contribution in [-0.2, 0) is 9.59 Å². The van der Waals surface area contributed by atoms with Crippen molar-refractivity contribution in [1.29, 1.82) is 0 Å². The summed E-state index contributed by atoms with van der Waals surface area (Å²) in [6, 6.07) is 0. The first-order chi connectivity index (χ1) is 10.5. The van der Waals surface area contributed by atoms with Crippen molar-refractivity contribution in [2.45, 2.75) is 71.6 Å². The highest BCUT2D eigenvalue weighted by atomic mass is 16.1. The van der Waals surface area contributed by atoms with Gasteiger partial charge in [0.1, 0.15) is 5.78 Å². The molecule has 0 saturated heterocycles. The minimum Gasteiger partial charge on any atom is -0.299 e. The molecule has 0 heterocycles. The Morgan fingerprint density at radius 2 is 1.86 bits per heavy atom. The van der Waals surface area contributed by atoms with Gasteiger partial charge in [-0.15, -0.1) is 0 Å². The van der Waals surface area contributed by atoms with E-state index in [1.807, 2.05) is 6.08 Å². The first-order valence-corrected chi connectivity index (χ1v) is 9.28. The lowest BCUT2D eigenvalue weighted by Crippen LogP contribution is -2.51. The molecule has 4 aliphatic carbocycles. The van der Waals surface area contributed by atoms with Gasteiger partial charge in [0.25, 0.3) is 0 Å². The third kappa shape index (κ3) is 1.73. The maximum absolute atomic E-state index is 12.6. The summed E-state index contributed by atoms with van der Waals surface area (Å²) in [7, 11) is 0. The van der Waals surface area contributed by atoms with Crippen LogP contribution in [0.25, 0.3) is 0 Å². The second-order valence-electron chi connectivity index (χ2n) is 8.48. The van der Waals surface area contributed by atoms with E-state index in [9.17, 15) is 9.59 Å². The van der Waals surface area contributed by atoms with E-state index in [1.54, 1.807) is 0 Å². The number of carbonyl (C=O) groups is 2. The zero-order chi connectivity index (χ0) is 15.5. The van der Waals surface area contributed by atoms with Crippen LogP contribution < -0.4 is 0 Å². The third-order valence-corrected chi connectivity index (χ3v) is 8.04. The lowest BCUT2D eigenvalue weighted by molar-refractivity contribution is -0.134. The lowest BCUT2D eigenvalue weighted by atomic mass is 9.47. The Morgan fingerprint density at radius 1 is 1.05 bits per heavy atom. The molecule has 0 radical (unpaired) electrons. The summed E-state index contributed by atoms with van der Waals surface area (Å²) < 4.78 is 0. The Hall–Kier alpha value is -0.920. The first kappa shape index (κ1) is 14.7. The van der Waals surface area contributed by atoms with Crippen molar-refractivity contribution in [2.75, 3.05) is 0 Å². The molecule has 2 unspecified atom stereocenters. The second-order valence-corrected chi connectivity index (χ2v) is 8.48. The van der Waals surface area contributed by atoms with Gasteiger partial charge in [0.05, 0.1) is 0 Å². The topological polar surface area (TPSA) is 34.1 Å². The normalized spacial score (nSPS) is 47.5. The fourth-order valence-electron chi connectivity index (χ4n) is 6.78. The average molecular weight is 300 g/mol. The predicted octanol–water partition coefficient (Wildman–Crippen LogP) is 4.48. The number of ketones is 2. The minimum absolute atomic E-state index is 0.0171. The highest BCUT2D eigenvalue weighted by Gasteiger charge is 2.59. The fraction of sp³-hybridized carbons (Fsp3) is 0.800. The monoisotopic (exact) mass is 300 g/mol. The van der Waals surface area contributed by atoms with E-state index in [0.717, 1.165) is 50.9 Å². The number of Topliss-reactive ketones (excluding diaryl/α,β-unsaturated/α-hetero) is 1. The SMILES string of the molecule is CC[C@]12CCC3[C@@H](CCC4=CC(=O)CC[C@@]43C)C1CCC2=O. The smallest absolute Gasteiger partial charge is 0.155 e. The zero-order valence-electron chi connectivity index (χ0n) is 14.0. The molecule has 0 amide bonds. The molecule has 0 aromatic rings. The van der Waals surface area contributed by atoms with Crippen LogP contribution in [0.15, 0.2) is 11.6 Å². The molecule has 0 spiro atoms. The Morgan fingerprint density at radius 3 is 2.64 bits per heavy atom. The number of rotatable bonds is 1. The molecule has 0 aromatic heterocycles. The van der Waals surface area contributed by atoms with Crippen LogP contribution in [0.3, 0.4) is 0 Å². The molecule has 3 saturated carbocycles. The molecule has 3 fully saturated rings. The van der Waals surface area contributed by atoms with Crippen molar-refractivity contribution in [3.63, 3.8) is 0 Å². The maximum atomic E-state index is 12.6. The Kier molecular flexibility index (Phi) is 3.19. The minimum atomic E-state index is 0.0171. The van der Waals surface area contributed by atoms with E-state index in [1.165, 1.54) is 18.4 Å². The Labute approximate surface area is 133 Å². The fourth-order valence-corrected chi connectivity index (χ4v) is 6.78. The second kappa shape index (κ2) is 4.79. The summed E-state index contributed by atoms with van der Waals surface area (Å²) in [6.07, 6.45) is 11.3. The molecule has 0 aliphatic heterocycles. The first-order valence-electron chi connectivity index (χ1n) is 9.28. The molecule has 2 heteroatoms. The summed E-state index contributed by atoms with van der Waals surface area (Å²) in [6.45, 7) is 4.64. The van der Waals surface area contributed by atoms with Crippen molar-refractivity contribution in [2.24, 2.45) is 28.6 Å². The molecule has 2 nitrogen and oxygen atoms in total. The van der Waals surface area contributed by atoms with E-state index >= 15 is 0 Å². The van der Waals surface area contributed by atoms with Crippen molar-refractivity contribution >= 4 is 11.6 Å².